The van der Waals surface area contributed by atoms with Gasteiger partial charge in [-0.1, -0.05) is 48.5 Å². The molecule has 9 N–H and O–H groups in total. The van der Waals surface area contributed by atoms with Gasteiger partial charge in [0.25, 0.3) is 20.2 Å². The lowest BCUT2D eigenvalue weighted by molar-refractivity contribution is 0.472. The van der Waals surface area contributed by atoms with Crippen LogP contribution >= 0.6 is 0 Å². The first-order valence-corrected chi connectivity index (χ1v) is 19.4. The highest BCUT2D eigenvalue weighted by molar-refractivity contribution is 7.91. The number of aromatic hydroxyl groups is 1. The highest BCUT2D eigenvalue weighted by Gasteiger charge is 2.33. The normalized spacial score (nSPS) is 12.6. The number of nitrogens with two attached hydrogens (primary N) is 3. The van der Waals surface area contributed by atoms with Gasteiger partial charge in [-0.05, 0) is 66.2 Å². The van der Waals surface area contributed by atoms with Gasteiger partial charge in [0.05, 0.1) is 32.2 Å². The average Bonchev–Trinajstić information content (AvgIpc) is 3.11. The summed E-state index contributed by atoms with van der Waals surface area (Å²) in [5.41, 5.74) is 16.2. The maximum Gasteiger partial charge on any atom is 0.297 e. The predicted molar refractivity (Wildman–Crippen MR) is 197 cm³/mol. The number of anilines is 3. The zero-order chi connectivity index (χ0) is 38.3. The summed E-state index contributed by atoms with van der Waals surface area (Å²) >= 11 is 0. The van der Waals surface area contributed by atoms with Crippen molar-refractivity contribution in [2.45, 2.75) is 19.6 Å². The first kappa shape index (κ1) is 36.5. The van der Waals surface area contributed by atoms with Crippen LogP contribution in [0.25, 0.3) is 21.9 Å². The second-order valence-electron chi connectivity index (χ2n) is 11.3. The summed E-state index contributed by atoms with van der Waals surface area (Å²) in [6, 6.07) is 25.0. The molecule has 0 aliphatic heterocycles. The summed E-state index contributed by atoms with van der Waals surface area (Å²) in [6.45, 7) is 0. The summed E-state index contributed by atoms with van der Waals surface area (Å²) in [5, 5.41) is 26.6. The third-order valence-corrected chi connectivity index (χ3v) is 11.4. The number of azo groups is 2. The van der Waals surface area contributed by atoms with E-state index in [0.717, 1.165) is 6.07 Å². The first-order valence-electron chi connectivity index (χ1n) is 15.0. The number of hydrogen-bond donors (Lipinski definition) is 6. The second-order valence-corrected chi connectivity index (χ2v) is 16.0. The Labute approximate surface area is 302 Å². The zero-order valence-corrected chi connectivity index (χ0v) is 29.4. The Bertz CT molecular complexity index is 2820. The molecule has 0 bridgehead atoms. The van der Waals surface area contributed by atoms with Crippen molar-refractivity contribution in [3.8, 4) is 16.9 Å². The molecule has 0 atom stereocenters. The molecule has 6 rings (SSSR count). The van der Waals surface area contributed by atoms with Crippen LogP contribution in [0.4, 0.5) is 39.8 Å². The van der Waals surface area contributed by atoms with Crippen LogP contribution in [0.5, 0.6) is 5.75 Å². The maximum absolute atomic E-state index is 13.3. The van der Waals surface area contributed by atoms with Crippen molar-refractivity contribution in [2.75, 3.05) is 17.2 Å². The van der Waals surface area contributed by atoms with Crippen LogP contribution in [0.2, 0.25) is 0 Å². The Morgan fingerprint density at radius 3 is 1.75 bits per heavy atom. The van der Waals surface area contributed by atoms with E-state index in [1.807, 2.05) is 0 Å². The van der Waals surface area contributed by atoms with Crippen LogP contribution < -0.4 is 17.2 Å². The first-order chi connectivity index (χ1) is 25.0. The van der Waals surface area contributed by atoms with Crippen molar-refractivity contribution in [3.63, 3.8) is 0 Å². The van der Waals surface area contributed by atoms with Crippen LogP contribution in [0.15, 0.2) is 149 Å². The van der Waals surface area contributed by atoms with Gasteiger partial charge in [-0.2, -0.15) is 21.9 Å². The fourth-order valence-corrected chi connectivity index (χ4v) is 8.23. The van der Waals surface area contributed by atoms with Crippen molar-refractivity contribution in [1.29, 1.82) is 0 Å². The topological polar surface area (TPSA) is 291 Å². The molecule has 0 heterocycles. The Kier molecular flexibility index (Phi) is 9.45. The van der Waals surface area contributed by atoms with E-state index >= 15 is 0 Å². The Morgan fingerprint density at radius 1 is 0.585 bits per heavy atom. The molecular formula is C34H27N7O9S3. The van der Waals surface area contributed by atoms with E-state index in [-0.39, 0.29) is 38.1 Å². The Hall–Kier alpha value is -6.25. The van der Waals surface area contributed by atoms with Crippen LogP contribution in [-0.4, -0.2) is 39.5 Å². The average molecular weight is 774 g/mol. The lowest BCUT2D eigenvalue weighted by Crippen LogP contribution is -2.07. The molecule has 0 radical (unpaired) electrons. The number of nitrogen functional groups attached to an aromatic ring is 3. The van der Waals surface area contributed by atoms with E-state index in [1.54, 1.807) is 24.3 Å². The lowest BCUT2D eigenvalue weighted by Gasteiger charge is -2.19. The fraction of sp³-hybridized carbons (Fsp3) is 0. The molecule has 0 fully saturated rings. The number of phenols is 1. The highest BCUT2D eigenvalue weighted by atomic mass is 32.2. The number of sulfone groups is 1. The lowest BCUT2D eigenvalue weighted by atomic mass is 9.96. The minimum Gasteiger partial charge on any atom is -0.505 e. The molecule has 0 spiro atoms. The van der Waals surface area contributed by atoms with E-state index in [0.29, 0.717) is 0 Å². The SMILES string of the molecule is Nc1ccc(N=Nc2c(S(=O)(=O)O)c(-c3ccc(S(=O)(=O)c4ccccc4)cc3)c(N)c3c(O)c(N=Nc4ccccc4)c(S(=O)(=O)O)cc23)c(N)c1. The molecule has 0 saturated carbocycles. The van der Waals surface area contributed by atoms with Gasteiger partial charge in [-0.25, -0.2) is 8.42 Å². The summed E-state index contributed by atoms with van der Waals surface area (Å²) < 4.78 is 99.5. The Balaban J connectivity index is 1.72. The molecule has 0 aliphatic carbocycles. The van der Waals surface area contributed by atoms with Gasteiger partial charge in [0.15, 0.2) is 5.75 Å². The summed E-state index contributed by atoms with van der Waals surface area (Å²) in [6.07, 6.45) is 0. The van der Waals surface area contributed by atoms with Gasteiger partial charge in [0.2, 0.25) is 9.84 Å². The molecule has 0 unspecified atom stereocenters. The molecule has 0 amide bonds. The zero-order valence-electron chi connectivity index (χ0n) is 26.9. The molecule has 6 aromatic rings. The molecule has 0 aliphatic rings. The molecule has 0 aromatic heterocycles. The molecule has 19 heteroatoms. The minimum atomic E-state index is -5.39. The minimum absolute atomic E-state index is 0.00225. The summed E-state index contributed by atoms with van der Waals surface area (Å²) in [5.74, 6) is -0.984. The van der Waals surface area contributed by atoms with E-state index in [2.05, 4.69) is 20.5 Å². The highest BCUT2D eigenvalue weighted by Crippen LogP contribution is 2.53. The van der Waals surface area contributed by atoms with Crippen LogP contribution in [0, 0.1) is 0 Å². The van der Waals surface area contributed by atoms with Gasteiger partial charge in [-0.3, -0.25) is 9.11 Å². The van der Waals surface area contributed by atoms with Gasteiger partial charge in [-0.15, -0.1) is 15.3 Å². The molecule has 270 valence electrons. The van der Waals surface area contributed by atoms with E-state index in [1.165, 1.54) is 78.9 Å². The van der Waals surface area contributed by atoms with Crippen LogP contribution in [-0.2, 0) is 30.1 Å². The van der Waals surface area contributed by atoms with Crippen LogP contribution in [0.3, 0.4) is 0 Å². The van der Waals surface area contributed by atoms with Crippen molar-refractivity contribution in [3.05, 3.63) is 109 Å². The third kappa shape index (κ3) is 7.14. The van der Waals surface area contributed by atoms with Gasteiger partial charge in [0, 0.05) is 16.6 Å². The molecule has 6 aromatic carbocycles. The van der Waals surface area contributed by atoms with Crippen LogP contribution in [0.1, 0.15) is 0 Å². The maximum atomic E-state index is 13.3. The summed E-state index contributed by atoms with van der Waals surface area (Å²) in [7, 11) is -14.7. The van der Waals surface area contributed by atoms with Crippen molar-refractivity contribution in [2.24, 2.45) is 20.5 Å². The van der Waals surface area contributed by atoms with E-state index in [9.17, 15) is 39.5 Å². The summed E-state index contributed by atoms with van der Waals surface area (Å²) in [4.78, 5) is -2.24. The smallest absolute Gasteiger partial charge is 0.297 e. The largest absolute Gasteiger partial charge is 0.505 e. The standard InChI is InChI=1S/C34H27N7O9S3/c35-20-13-16-26(25(36)17-20)39-40-31-24-18-27(52(45,46)47)32(41-38-21-7-3-1-4-8-21)33(42)29(24)30(37)28(34(31)53(48,49)50)19-11-14-23(15-12-19)51(43,44)22-9-5-2-6-10-22/h1-18,42H,35-37H2,(H,45,46,47)(H,48,49,50). The van der Waals surface area contributed by atoms with Crippen molar-refractivity contribution in [1.82, 2.24) is 0 Å². The fourth-order valence-electron chi connectivity index (χ4n) is 5.42. The monoisotopic (exact) mass is 773 g/mol. The Morgan fingerprint density at radius 2 is 1.17 bits per heavy atom. The number of phenolic OH excluding ortho intramolecular Hbond substituents is 1. The number of fused-ring (bicyclic) bond motifs is 1. The van der Waals surface area contributed by atoms with Gasteiger partial charge >= 0.3 is 0 Å². The quantitative estimate of drug-likeness (QED) is 0.0486. The third-order valence-electron chi connectivity index (χ3n) is 7.85. The van der Waals surface area contributed by atoms with Crippen molar-refractivity contribution >= 4 is 80.7 Å². The van der Waals surface area contributed by atoms with Gasteiger partial charge < -0.3 is 22.3 Å². The molecule has 53 heavy (non-hydrogen) atoms. The molecular weight excluding hydrogens is 747 g/mol. The number of rotatable bonds is 9. The second kappa shape index (κ2) is 13.7. The van der Waals surface area contributed by atoms with E-state index < -0.39 is 79.0 Å². The molecule has 16 nitrogen and oxygen atoms in total. The van der Waals surface area contributed by atoms with E-state index in [4.69, 9.17) is 17.2 Å². The number of nitrogens with zero attached hydrogens (tertiary/aromatic N) is 4. The molecule has 0 saturated heterocycles. The predicted octanol–water partition coefficient (Wildman–Crippen LogP) is 7.12. The van der Waals surface area contributed by atoms with Gasteiger partial charge in [0.1, 0.15) is 26.9 Å². The number of hydrogen-bond acceptors (Lipinski definition) is 14. The number of benzene rings is 6. The van der Waals surface area contributed by atoms with Crippen molar-refractivity contribution < 1.29 is 39.5 Å².